The number of aromatic amines is 1. The SMILES string of the molecule is Cc1nccn1-c1ccc(CNC(=O)CCn2c(=O)[nH]c(=O)c3ccccc32)cn1. The van der Waals surface area contributed by atoms with Crippen molar-refractivity contribution in [2.45, 2.75) is 26.4 Å². The maximum absolute atomic E-state index is 12.3. The molecule has 4 aromatic rings. The first-order valence-electron chi connectivity index (χ1n) is 9.47. The van der Waals surface area contributed by atoms with Crippen LogP contribution in [0.25, 0.3) is 16.7 Å². The molecule has 0 aliphatic rings. The number of H-pyrrole nitrogens is 1. The Morgan fingerprint density at radius 3 is 2.70 bits per heavy atom. The number of amides is 1. The number of rotatable bonds is 6. The van der Waals surface area contributed by atoms with Crippen molar-refractivity contribution in [3.05, 3.63) is 87.2 Å². The second-order valence-electron chi connectivity index (χ2n) is 6.82. The standard InChI is InChI=1S/C21H20N6O3/c1-14-22-9-11-26(14)18-7-6-15(12-23-18)13-24-19(28)8-10-27-17-5-3-2-4-16(17)20(29)25-21(27)30/h2-7,9,11-12H,8,10,13H2,1H3,(H,24,28)(H,25,29,30). The molecule has 9 heteroatoms. The zero-order valence-corrected chi connectivity index (χ0v) is 16.3. The molecule has 4 rings (SSSR count). The van der Waals surface area contributed by atoms with E-state index < -0.39 is 11.2 Å². The monoisotopic (exact) mass is 404 g/mol. The van der Waals surface area contributed by atoms with E-state index >= 15 is 0 Å². The molecule has 9 nitrogen and oxygen atoms in total. The van der Waals surface area contributed by atoms with Crippen LogP contribution in [-0.4, -0.2) is 30.0 Å². The van der Waals surface area contributed by atoms with Gasteiger partial charge in [0, 0.05) is 38.1 Å². The van der Waals surface area contributed by atoms with Gasteiger partial charge in [-0.05, 0) is 30.7 Å². The predicted molar refractivity (Wildman–Crippen MR) is 111 cm³/mol. The van der Waals surface area contributed by atoms with E-state index in [1.807, 2.05) is 29.8 Å². The van der Waals surface area contributed by atoms with E-state index in [1.54, 1.807) is 36.7 Å². The Balaban J connectivity index is 1.38. The average molecular weight is 404 g/mol. The Bertz CT molecular complexity index is 1320. The number of carbonyl (C=O) groups excluding carboxylic acids is 1. The highest BCUT2D eigenvalue weighted by molar-refractivity contribution is 5.78. The van der Waals surface area contributed by atoms with E-state index in [-0.39, 0.29) is 18.9 Å². The van der Waals surface area contributed by atoms with Gasteiger partial charge in [0.05, 0.1) is 10.9 Å². The molecule has 2 N–H and O–H groups in total. The molecule has 0 radical (unpaired) electrons. The molecular formula is C21H20N6O3. The summed E-state index contributed by atoms with van der Waals surface area (Å²) in [6, 6.07) is 10.6. The number of aryl methyl sites for hydroxylation is 2. The lowest BCUT2D eigenvalue weighted by molar-refractivity contribution is -0.121. The van der Waals surface area contributed by atoms with Crippen molar-refractivity contribution in [2.24, 2.45) is 0 Å². The van der Waals surface area contributed by atoms with Crippen molar-refractivity contribution in [1.29, 1.82) is 0 Å². The predicted octanol–water partition coefficient (Wildman–Crippen LogP) is 1.29. The second-order valence-corrected chi connectivity index (χ2v) is 6.82. The zero-order valence-electron chi connectivity index (χ0n) is 16.3. The van der Waals surface area contributed by atoms with Crippen molar-refractivity contribution < 1.29 is 4.79 Å². The highest BCUT2D eigenvalue weighted by atomic mass is 16.2. The molecule has 0 unspecified atom stereocenters. The van der Waals surface area contributed by atoms with Gasteiger partial charge in [0.25, 0.3) is 5.56 Å². The molecule has 1 aromatic carbocycles. The lowest BCUT2D eigenvalue weighted by Gasteiger charge is -2.10. The number of hydrogen-bond donors (Lipinski definition) is 2. The van der Waals surface area contributed by atoms with E-state index in [4.69, 9.17) is 0 Å². The van der Waals surface area contributed by atoms with Gasteiger partial charge in [0.15, 0.2) is 0 Å². The maximum Gasteiger partial charge on any atom is 0.328 e. The van der Waals surface area contributed by atoms with Crippen LogP contribution in [0.2, 0.25) is 0 Å². The summed E-state index contributed by atoms with van der Waals surface area (Å²) in [5.41, 5.74) is 0.407. The molecule has 0 atom stereocenters. The lowest BCUT2D eigenvalue weighted by atomic mass is 10.2. The molecule has 0 spiro atoms. The van der Waals surface area contributed by atoms with Crippen LogP contribution in [0.3, 0.4) is 0 Å². The van der Waals surface area contributed by atoms with Gasteiger partial charge in [0.1, 0.15) is 11.6 Å². The van der Waals surface area contributed by atoms with Crippen LogP contribution in [0, 0.1) is 6.92 Å². The minimum Gasteiger partial charge on any atom is -0.352 e. The number of hydrogen-bond acceptors (Lipinski definition) is 5. The van der Waals surface area contributed by atoms with Gasteiger partial charge in [-0.3, -0.25) is 23.7 Å². The minimum atomic E-state index is -0.527. The Hall–Kier alpha value is -4.01. The molecule has 1 amide bonds. The third-order valence-electron chi connectivity index (χ3n) is 4.84. The number of para-hydroxylation sites is 1. The number of imidazole rings is 1. The number of nitrogens with one attached hydrogen (secondary N) is 2. The Morgan fingerprint density at radius 1 is 1.13 bits per heavy atom. The van der Waals surface area contributed by atoms with Crippen LogP contribution in [-0.2, 0) is 17.9 Å². The Morgan fingerprint density at radius 2 is 1.97 bits per heavy atom. The van der Waals surface area contributed by atoms with Crippen molar-refractivity contribution in [3.63, 3.8) is 0 Å². The van der Waals surface area contributed by atoms with Gasteiger partial charge in [-0.2, -0.15) is 0 Å². The first-order chi connectivity index (χ1) is 14.5. The zero-order chi connectivity index (χ0) is 21.1. The number of nitrogens with zero attached hydrogens (tertiary/aromatic N) is 4. The summed E-state index contributed by atoms with van der Waals surface area (Å²) in [6.45, 7) is 2.39. The molecule has 0 fully saturated rings. The molecule has 0 aliphatic heterocycles. The van der Waals surface area contributed by atoms with Crippen LogP contribution in [0.5, 0.6) is 0 Å². The van der Waals surface area contributed by atoms with E-state index in [0.29, 0.717) is 17.4 Å². The van der Waals surface area contributed by atoms with Crippen LogP contribution < -0.4 is 16.6 Å². The van der Waals surface area contributed by atoms with Crippen molar-refractivity contribution in [3.8, 4) is 5.82 Å². The lowest BCUT2D eigenvalue weighted by Crippen LogP contribution is -2.32. The molecule has 0 bridgehead atoms. The first-order valence-corrected chi connectivity index (χ1v) is 9.47. The number of pyridine rings is 1. The number of carbonyl (C=O) groups is 1. The molecule has 0 saturated heterocycles. The third-order valence-corrected chi connectivity index (χ3v) is 4.84. The summed E-state index contributed by atoms with van der Waals surface area (Å²) in [7, 11) is 0. The minimum absolute atomic E-state index is 0.107. The summed E-state index contributed by atoms with van der Waals surface area (Å²) < 4.78 is 3.27. The molecule has 3 heterocycles. The summed E-state index contributed by atoms with van der Waals surface area (Å²) in [4.78, 5) is 47.2. The number of aromatic nitrogens is 5. The van der Waals surface area contributed by atoms with Crippen LogP contribution >= 0.6 is 0 Å². The van der Waals surface area contributed by atoms with Crippen LogP contribution in [0.15, 0.2) is 64.6 Å². The summed E-state index contributed by atoms with van der Waals surface area (Å²) >= 11 is 0. The fourth-order valence-electron chi connectivity index (χ4n) is 3.25. The van der Waals surface area contributed by atoms with Gasteiger partial charge < -0.3 is 5.32 Å². The van der Waals surface area contributed by atoms with Crippen LogP contribution in [0.4, 0.5) is 0 Å². The Kier molecular flexibility index (Phi) is 5.25. The largest absolute Gasteiger partial charge is 0.352 e. The maximum atomic E-state index is 12.3. The molecule has 152 valence electrons. The van der Waals surface area contributed by atoms with Gasteiger partial charge in [0.2, 0.25) is 5.91 Å². The van der Waals surface area contributed by atoms with E-state index in [9.17, 15) is 14.4 Å². The normalized spacial score (nSPS) is 11.0. The highest BCUT2D eigenvalue weighted by Gasteiger charge is 2.09. The van der Waals surface area contributed by atoms with Gasteiger partial charge in [-0.25, -0.2) is 14.8 Å². The first kappa shape index (κ1) is 19.3. The molecular weight excluding hydrogens is 384 g/mol. The average Bonchev–Trinajstić information content (AvgIpc) is 3.18. The van der Waals surface area contributed by atoms with Gasteiger partial charge >= 0.3 is 5.69 Å². The van der Waals surface area contributed by atoms with E-state index in [2.05, 4.69) is 20.3 Å². The molecule has 0 saturated carbocycles. The summed E-state index contributed by atoms with van der Waals surface area (Å²) in [5.74, 6) is 1.39. The fraction of sp³-hybridized carbons (Fsp3) is 0.190. The topological polar surface area (TPSA) is 115 Å². The second kappa shape index (κ2) is 8.16. The number of benzene rings is 1. The summed E-state index contributed by atoms with van der Waals surface area (Å²) in [6.07, 6.45) is 5.36. The van der Waals surface area contributed by atoms with Gasteiger partial charge in [-0.1, -0.05) is 18.2 Å². The fourth-order valence-corrected chi connectivity index (χ4v) is 3.25. The highest BCUT2D eigenvalue weighted by Crippen LogP contribution is 2.09. The summed E-state index contributed by atoms with van der Waals surface area (Å²) in [5, 5.41) is 3.24. The molecule has 30 heavy (non-hydrogen) atoms. The van der Waals surface area contributed by atoms with Crippen molar-refractivity contribution in [2.75, 3.05) is 0 Å². The quantitative estimate of drug-likeness (QED) is 0.502. The van der Waals surface area contributed by atoms with Crippen molar-refractivity contribution >= 4 is 16.8 Å². The molecule has 3 aromatic heterocycles. The molecule has 0 aliphatic carbocycles. The van der Waals surface area contributed by atoms with E-state index in [0.717, 1.165) is 17.2 Å². The Labute approximate surface area is 171 Å². The van der Waals surface area contributed by atoms with Crippen LogP contribution in [0.1, 0.15) is 17.8 Å². The number of fused-ring (bicyclic) bond motifs is 1. The van der Waals surface area contributed by atoms with Crippen molar-refractivity contribution in [1.82, 2.24) is 29.4 Å². The smallest absolute Gasteiger partial charge is 0.328 e. The third kappa shape index (κ3) is 3.90. The van der Waals surface area contributed by atoms with E-state index in [1.165, 1.54) is 4.57 Å². The van der Waals surface area contributed by atoms with Gasteiger partial charge in [-0.15, -0.1) is 0 Å².